The summed E-state index contributed by atoms with van der Waals surface area (Å²) in [6.07, 6.45) is 0.391. The van der Waals surface area contributed by atoms with E-state index in [2.05, 4.69) is 9.97 Å². The first kappa shape index (κ1) is 7.74. The molecule has 0 bridgehead atoms. The van der Waals surface area contributed by atoms with Gasteiger partial charge in [-0.3, -0.25) is 0 Å². The number of nitrogen functional groups attached to an aromatic ring is 1. The van der Waals surface area contributed by atoms with E-state index in [4.69, 9.17) is 10.8 Å². The van der Waals surface area contributed by atoms with Crippen LogP contribution in [0.3, 0.4) is 0 Å². The lowest BCUT2D eigenvalue weighted by molar-refractivity contribution is 0.298. The first-order chi connectivity index (χ1) is 5.22. The average Bonchev–Trinajstić information content (AvgIpc) is 1.85. The van der Waals surface area contributed by atoms with Crippen molar-refractivity contribution in [3.05, 3.63) is 22.2 Å². The average molecular weight is 155 g/mol. The van der Waals surface area contributed by atoms with Gasteiger partial charge in [0.2, 0.25) is 0 Å². The highest BCUT2D eigenvalue weighted by atomic mass is 16.3. The molecule has 0 unspecified atom stereocenters. The van der Waals surface area contributed by atoms with E-state index < -0.39 is 5.69 Å². The van der Waals surface area contributed by atoms with Gasteiger partial charge in [0.1, 0.15) is 5.82 Å². The molecule has 1 rings (SSSR count). The van der Waals surface area contributed by atoms with E-state index in [1.54, 1.807) is 0 Å². The molecule has 0 amide bonds. The fourth-order valence-corrected chi connectivity index (χ4v) is 0.785. The summed E-state index contributed by atoms with van der Waals surface area (Å²) >= 11 is 0. The molecule has 1 aromatic heterocycles. The van der Waals surface area contributed by atoms with E-state index >= 15 is 0 Å². The van der Waals surface area contributed by atoms with E-state index in [0.717, 1.165) is 0 Å². The molecule has 0 saturated heterocycles. The second-order valence-corrected chi connectivity index (χ2v) is 2.11. The second-order valence-electron chi connectivity index (χ2n) is 2.11. The van der Waals surface area contributed by atoms with Crippen molar-refractivity contribution in [1.29, 1.82) is 0 Å². The zero-order valence-electron chi connectivity index (χ0n) is 5.87. The normalized spacial score (nSPS) is 9.91. The van der Waals surface area contributed by atoms with Crippen LogP contribution in [0.2, 0.25) is 0 Å². The third-order valence-electron chi connectivity index (χ3n) is 1.20. The SMILES string of the molecule is Nc1cc(CCO)[nH]c(=O)n1. The van der Waals surface area contributed by atoms with Gasteiger partial charge in [0.05, 0.1) is 0 Å². The lowest BCUT2D eigenvalue weighted by atomic mass is 10.3. The third-order valence-corrected chi connectivity index (χ3v) is 1.20. The molecule has 0 aliphatic carbocycles. The van der Waals surface area contributed by atoms with Crippen LogP contribution in [-0.4, -0.2) is 21.7 Å². The Bertz CT molecular complexity index is 294. The molecule has 11 heavy (non-hydrogen) atoms. The number of hydrogen-bond acceptors (Lipinski definition) is 4. The minimum Gasteiger partial charge on any atom is -0.396 e. The molecule has 0 fully saturated rings. The number of aliphatic hydroxyl groups is 1. The van der Waals surface area contributed by atoms with Crippen LogP contribution in [0, 0.1) is 0 Å². The number of hydrogen-bond donors (Lipinski definition) is 3. The van der Waals surface area contributed by atoms with Crippen molar-refractivity contribution in [2.24, 2.45) is 0 Å². The van der Waals surface area contributed by atoms with Crippen molar-refractivity contribution in [2.45, 2.75) is 6.42 Å². The number of anilines is 1. The molecule has 0 aliphatic heterocycles. The van der Waals surface area contributed by atoms with Gasteiger partial charge in [0, 0.05) is 18.7 Å². The van der Waals surface area contributed by atoms with Gasteiger partial charge in [-0.2, -0.15) is 4.98 Å². The Balaban J connectivity index is 2.99. The maximum absolute atomic E-state index is 10.7. The fourth-order valence-electron chi connectivity index (χ4n) is 0.785. The van der Waals surface area contributed by atoms with E-state index in [9.17, 15) is 4.79 Å². The largest absolute Gasteiger partial charge is 0.396 e. The Morgan fingerprint density at radius 1 is 1.73 bits per heavy atom. The summed E-state index contributed by atoms with van der Waals surface area (Å²) in [6.45, 7) is -0.0145. The summed E-state index contributed by atoms with van der Waals surface area (Å²) < 4.78 is 0. The fraction of sp³-hybridized carbons (Fsp3) is 0.333. The first-order valence-corrected chi connectivity index (χ1v) is 3.19. The van der Waals surface area contributed by atoms with Crippen molar-refractivity contribution < 1.29 is 5.11 Å². The van der Waals surface area contributed by atoms with Gasteiger partial charge in [-0.1, -0.05) is 0 Å². The van der Waals surface area contributed by atoms with Crippen LogP contribution in [0.25, 0.3) is 0 Å². The summed E-state index contributed by atoms with van der Waals surface area (Å²) in [5, 5.41) is 8.52. The predicted molar refractivity (Wildman–Crippen MR) is 40.1 cm³/mol. The van der Waals surface area contributed by atoms with Crippen LogP contribution in [0.15, 0.2) is 10.9 Å². The van der Waals surface area contributed by atoms with Gasteiger partial charge in [0.25, 0.3) is 0 Å². The third kappa shape index (κ3) is 2.05. The molecule has 0 aliphatic rings. The molecule has 0 aromatic carbocycles. The van der Waals surface area contributed by atoms with Crippen LogP contribution >= 0.6 is 0 Å². The molecule has 5 heteroatoms. The first-order valence-electron chi connectivity index (χ1n) is 3.19. The molecule has 5 nitrogen and oxygen atoms in total. The predicted octanol–water partition coefficient (Wildman–Crippen LogP) is -1.11. The quantitative estimate of drug-likeness (QED) is 0.504. The summed E-state index contributed by atoms with van der Waals surface area (Å²) in [7, 11) is 0. The highest BCUT2D eigenvalue weighted by molar-refractivity contribution is 5.27. The maximum atomic E-state index is 10.7. The van der Waals surface area contributed by atoms with Gasteiger partial charge in [0.15, 0.2) is 0 Å². The highest BCUT2D eigenvalue weighted by Crippen LogP contribution is 1.95. The molecule has 1 heterocycles. The van der Waals surface area contributed by atoms with E-state index in [0.29, 0.717) is 12.1 Å². The number of aliphatic hydroxyl groups excluding tert-OH is 1. The topological polar surface area (TPSA) is 92.0 Å². The zero-order chi connectivity index (χ0) is 8.27. The molecular formula is C6H9N3O2. The van der Waals surface area contributed by atoms with Crippen molar-refractivity contribution in [3.8, 4) is 0 Å². The lowest BCUT2D eigenvalue weighted by Gasteiger charge is -1.97. The van der Waals surface area contributed by atoms with E-state index in [1.165, 1.54) is 6.07 Å². The minimum absolute atomic E-state index is 0.0145. The lowest BCUT2D eigenvalue weighted by Crippen LogP contribution is -2.15. The second kappa shape index (κ2) is 3.16. The van der Waals surface area contributed by atoms with Crippen molar-refractivity contribution >= 4 is 5.82 Å². The van der Waals surface area contributed by atoms with E-state index in [1.807, 2.05) is 0 Å². The number of aromatic nitrogens is 2. The minimum atomic E-state index is -0.478. The molecule has 1 aromatic rings. The number of nitrogens with two attached hydrogens (primary N) is 1. The summed E-state index contributed by atoms with van der Waals surface area (Å²) in [6, 6.07) is 1.53. The standard InChI is InChI=1S/C6H9N3O2/c7-5-3-4(1-2-10)8-6(11)9-5/h3,10H,1-2H2,(H3,7,8,9,11). The van der Waals surface area contributed by atoms with Gasteiger partial charge < -0.3 is 15.8 Å². The maximum Gasteiger partial charge on any atom is 0.347 e. The molecule has 60 valence electrons. The molecule has 4 N–H and O–H groups in total. The number of nitrogens with zero attached hydrogens (tertiary/aromatic N) is 1. The van der Waals surface area contributed by atoms with Gasteiger partial charge >= 0.3 is 5.69 Å². The Morgan fingerprint density at radius 2 is 2.45 bits per heavy atom. The Kier molecular flexibility index (Phi) is 2.22. The molecule has 0 atom stereocenters. The summed E-state index contributed by atoms with van der Waals surface area (Å²) in [5.41, 5.74) is 5.40. The molecule has 0 saturated carbocycles. The number of rotatable bonds is 2. The molecule has 0 radical (unpaired) electrons. The van der Waals surface area contributed by atoms with Gasteiger partial charge in [-0.25, -0.2) is 4.79 Å². The van der Waals surface area contributed by atoms with Gasteiger partial charge in [-0.15, -0.1) is 0 Å². The van der Waals surface area contributed by atoms with Crippen LogP contribution in [0.5, 0.6) is 0 Å². The molecular weight excluding hydrogens is 146 g/mol. The Morgan fingerprint density at radius 3 is 3.00 bits per heavy atom. The van der Waals surface area contributed by atoms with Crippen molar-refractivity contribution in [3.63, 3.8) is 0 Å². The molecule has 0 spiro atoms. The Hall–Kier alpha value is -1.36. The zero-order valence-corrected chi connectivity index (χ0v) is 5.87. The number of nitrogens with one attached hydrogen (secondary N) is 1. The smallest absolute Gasteiger partial charge is 0.347 e. The Labute approximate surface area is 62.9 Å². The summed E-state index contributed by atoms with van der Waals surface area (Å²) in [4.78, 5) is 16.5. The van der Waals surface area contributed by atoms with Crippen molar-refractivity contribution in [2.75, 3.05) is 12.3 Å². The van der Waals surface area contributed by atoms with Crippen molar-refractivity contribution in [1.82, 2.24) is 9.97 Å². The number of aromatic amines is 1. The van der Waals surface area contributed by atoms with Crippen LogP contribution < -0.4 is 11.4 Å². The summed E-state index contributed by atoms with van der Waals surface area (Å²) in [5.74, 6) is 0.178. The monoisotopic (exact) mass is 155 g/mol. The number of H-pyrrole nitrogens is 1. The van der Waals surface area contributed by atoms with Crippen LogP contribution in [0.1, 0.15) is 5.69 Å². The van der Waals surface area contributed by atoms with E-state index in [-0.39, 0.29) is 12.4 Å². The van der Waals surface area contributed by atoms with Gasteiger partial charge in [-0.05, 0) is 6.07 Å². The van der Waals surface area contributed by atoms with Crippen LogP contribution in [0.4, 0.5) is 5.82 Å². The van der Waals surface area contributed by atoms with Crippen LogP contribution in [-0.2, 0) is 6.42 Å². The highest BCUT2D eigenvalue weighted by Gasteiger charge is 1.95.